The lowest BCUT2D eigenvalue weighted by atomic mass is 9.80. The molecule has 26 heavy (non-hydrogen) atoms. The van der Waals surface area contributed by atoms with Crippen LogP contribution < -0.4 is 10.6 Å². The van der Waals surface area contributed by atoms with Crippen LogP contribution in [0.2, 0.25) is 0 Å². The fourth-order valence-electron chi connectivity index (χ4n) is 3.19. The molecule has 1 aliphatic rings. The number of benzene rings is 2. The molecule has 0 saturated carbocycles. The van der Waals surface area contributed by atoms with E-state index < -0.39 is 17.4 Å². The van der Waals surface area contributed by atoms with Crippen LogP contribution in [0.4, 0.5) is 5.69 Å². The Labute approximate surface area is 157 Å². The van der Waals surface area contributed by atoms with E-state index in [1.54, 1.807) is 12.1 Å². The molecule has 0 bridgehead atoms. The van der Waals surface area contributed by atoms with Gasteiger partial charge in [0.25, 0.3) is 0 Å². The van der Waals surface area contributed by atoms with Gasteiger partial charge in [-0.25, -0.2) is 0 Å². The lowest BCUT2D eigenvalue weighted by molar-refractivity contribution is -0.136. The number of aryl methyl sites for hydroxylation is 1. The van der Waals surface area contributed by atoms with Crippen molar-refractivity contribution >= 4 is 29.3 Å². The number of nitrogens with one attached hydrogen (secondary N) is 2. The third-order valence-corrected chi connectivity index (χ3v) is 5.43. The molecule has 0 heterocycles. The van der Waals surface area contributed by atoms with E-state index in [9.17, 15) is 14.7 Å². The predicted octanol–water partition coefficient (Wildman–Crippen LogP) is 2.38. The van der Waals surface area contributed by atoms with Crippen molar-refractivity contribution in [3.63, 3.8) is 0 Å². The van der Waals surface area contributed by atoms with E-state index in [1.807, 2.05) is 36.6 Å². The van der Waals surface area contributed by atoms with Gasteiger partial charge >= 0.3 is 11.8 Å². The summed E-state index contributed by atoms with van der Waals surface area (Å²) in [6.07, 6.45) is 3.69. The third-order valence-electron chi connectivity index (χ3n) is 4.64. The van der Waals surface area contributed by atoms with Crippen LogP contribution in [0, 0.1) is 0 Å². The van der Waals surface area contributed by atoms with Crippen LogP contribution in [0.25, 0.3) is 0 Å². The van der Waals surface area contributed by atoms with E-state index in [4.69, 9.17) is 0 Å². The largest absolute Gasteiger partial charge is 0.388 e. The van der Waals surface area contributed by atoms with Crippen molar-refractivity contribution in [3.8, 4) is 0 Å². The Balaban J connectivity index is 1.57. The average molecular weight is 370 g/mol. The van der Waals surface area contributed by atoms with Gasteiger partial charge in [-0.2, -0.15) is 0 Å². The third kappa shape index (κ3) is 4.26. The Morgan fingerprint density at radius 2 is 1.77 bits per heavy atom. The summed E-state index contributed by atoms with van der Waals surface area (Å²) in [5.74, 6) is -1.47. The van der Waals surface area contributed by atoms with Crippen LogP contribution in [0.5, 0.6) is 0 Å². The Morgan fingerprint density at radius 1 is 1.08 bits per heavy atom. The zero-order chi connectivity index (χ0) is 18.6. The summed E-state index contributed by atoms with van der Waals surface area (Å²) < 4.78 is 0. The molecule has 6 heteroatoms. The number of para-hydroxylation sites is 1. The fraction of sp³-hybridized carbons (Fsp3) is 0.300. The summed E-state index contributed by atoms with van der Waals surface area (Å²) in [5, 5.41) is 16.0. The molecule has 0 fully saturated rings. The molecule has 0 aliphatic heterocycles. The Morgan fingerprint density at radius 3 is 2.54 bits per heavy atom. The molecule has 2 aromatic carbocycles. The van der Waals surface area contributed by atoms with Gasteiger partial charge in [0.1, 0.15) is 0 Å². The Hall–Kier alpha value is -2.31. The van der Waals surface area contributed by atoms with Gasteiger partial charge in [0.2, 0.25) is 0 Å². The monoisotopic (exact) mass is 370 g/mol. The first-order valence-electron chi connectivity index (χ1n) is 8.52. The Bertz CT molecular complexity index is 824. The molecular formula is C20H22N2O3S. The molecule has 3 N–H and O–H groups in total. The van der Waals surface area contributed by atoms with Crippen LogP contribution in [0.15, 0.2) is 53.4 Å². The van der Waals surface area contributed by atoms with Gasteiger partial charge in [-0.1, -0.05) is 36.4 Å². The van der Waals surface area contributed by atoms with Crippen LogP contribution in [0.1, 0.15) is 17.5 Å². The maximum Gasteiger partial charge on any atom is 0.313 e. The topological polar surface area (TPSA) is 78.4 Å². The second-order valence-corrected chi connectivity index (χ2v) is 7.35. The molecular weight excluding hydrogens is 348 g/mol. The molecule has 5 nitrogen and oxygen atoms in total. The minimum atomic E-state index is -1.03. The summed E-state index contributed by atoms with van der Waals surface area (Å²) in [6.45, 7) is 0.0533. The Kier molecular flexibility index (Phi) is 5.64. The van der Waals surface area contributed by atoms with Gasteiger partial charge in [0.05, 0.1) is 11.3 Å². The molecule has 136 valence electrons. The number of carbonyl (C=O) groups is 2. The lowest BCUT2D eigenvalue weighted by Crippen LogP contribution is -2.49. The summed E-state index contributed by atoms with van der Waals surface area (Å²) in [7, 11) is 0. The van der Waals surface area contributed by atoms with Crippen molar-refractivity contribution in [2.24, 2.45) is 0 Å². The summed E-state index contributed by atoms with van der Waals surface area (Å²) in [4.78, 5) is 25.2. The van der Waals surface area contributed by atoms with Crippen LogP contribution in [-0.2, 0) is 22.4 Å². The van der Waals surface area contributed by atoms with Gasteiger partial charge < -0.3 is 15.7 Å². The van der Waals surface area contributed by atoms with E-state index >= 15 is 0 Å². The normalized spacial score (nSPS) is 18.7. The smallest absolute Gasteiger partial charge is 0.313 e. The molecule has 3 rings (SSSR count). The highest BCUT2D eigenvalue weighted by Gasteiger charge is 2.33. The second kappa shape index (κ2) is 7.93. The van der Waals surface area contributed by atoms with Crippen molar-refractivity contribution in [1.29, 1.82) is 0 Å². The molecule has 0 aromatic heterocycles. The minimum absolute atomic E-state index is 0.0533. The van der Waals surface area contributed by atoms with Gasteiger partial charge in [0.15, 0.2) is 0 Å². The van der Waals surface area contributed by atoms with Gasteiger partial charge in [-0.3, -0.25) is 9.59 Å². The number of anilines is 1. The molecule has 0 radical (unpaired) electrons. The zero-order valence-corrected chi connectivity index (χ0v) is 15.4. The SMILES string of the molecule is CSc1ccccc1NC(=O)C(=O)NC[C@]1(O)CCc2ccccc2C1. The van der Waals surface area contributed by atoms with E-state index in [0.29, 0.717) is 18.5 Å². The van der Waals surface area contributed by atoms with Crippen molar-refractivity contribution in [2.45, 2.75) is 29.8 Å². The second-order valence-electron chi connectivity index (χ2n) is 6.51. The van der Waals surface area contributed by atoms with Crippen LogP contribution >= 0.6 is 11.8 Å². The molecule has 0 saturated heterocycles. The van der Waals surface area contributed by atoms with Gasteiger partial charge in [-0.05, 0) is 42.4 Å². The maximum atomic E-state index is 12.1. The number of hydrogen-bond donors (Lipinski definition) is 3. The van der Waals surface area contributed by atoms with E-state index in [2.05, 4.69) is 16.7 Å². The predicted molar refractivity (Wildman–Crippen MR) is 103 cm³/mol. The fourth-order valence-corrected chi connectivity index (χ4v) is 3.74. The molecule has 2 aromatic rings. The minimum Gasteiger partial charge on any atom is -0.388 e. The number of carbonyl (C=O) groups excluding carboxylic acids is 2. The summed E-state index contributed by atoms with van der Waals surface area (Å²) in [6, 6.07) is 15.3. The number of thioether (sulfide) groups is 1. The van der Waals surface area contributed by atoms with Crippen LogP contribution in [0.3, 0.4) is 0 Å². The standard InChI is InChI=1S/C20H22N2O3S/c1-26-17-9-5-4-8-16(17)22-19(24)18(23)21-13-20(25)11-10-14-6-2-3-7-15(14)12-20/h2-9,25H,10-13H2,1H3,(H,21,23)(H,22,24)/t20-/m0/s1. The quantitative estimate of drug-likeness (QED) is 0.570. The molecule has 0 unspecified atom stereocenters. The van der Waals surface area contributed by atoms with Crippen molar-refractivity contribution < 1.29 is 14.7 Å². The molecule has 1 aliphatic carbocycles. The number of fused-ring (bicyclic) bond motifs is 1. The highest BCUT2D eigenvalue weighted by Crippen LogP contribution is 2.28. The van der Waals surface area contributed by atoms with Crippen molar-refractivity contribution in [2.75, 3.05) is 18.1 Å². The van der Waals surface area contributed by atoms with Gasteiger partial charge in [0, 0.05) is 17.9 Å². The number of amides is 2. The highest BCUT2D eigenvalue weighted by molar-refractivity contribution is 7.98. The first-order valence-corrected chi connectivity index (χ1v) is 9.74. The number of rotatable bonds is 4. The lowest BCUT2D eigenvalue weighted by Gasteiger charge is -2.33. The van der Waals surface area contributed by atoms with Crippen molar-refractivity contribution in [1.82, 2.24) is 5.32 Å². The molecule has 2 amide bonds. The highest BCUT2D eigenvalue weighted by atomic mass is 32.2. The number of aliphatic hydroxyl groups is 1. The van der Waals surface area contributed by atoms with Crippen LogP contribution in [-0.4, -0.2) is 35.3 Å². The summed E-state index contributed by atoms with van der Waals surface area (Å²) >= 11 is 1.49. The molecule has 1 atom stereocenters. The average Bonchev–Trinajstić information content (AvgIpc) is 2.66. The van der Waals surface area contributed by atoms with E-state index in [0.717, 1.165) is 16.9 Å². The first-order chi connectivity index (χ1) is 12.5. The van der Waals surface area contributed by atoms with Gasteiger partial charge in [-0.15, -0.1) is 11.8 Å². The van der Waals surface area contributed by atoms with Crippen molar-refractivity contribution in [3.05, 3.63) is 59.7 Å². The first kappa shape index (κ1) is 18.5. The molecule has 0 spiro atoms. The number of hydrogen-bond acceptors (Lipinski definition) is 4. The summed E-state index contributed by atoms with van der Waals surface area (Å²) in [5.41, 5.74) is 1.90. The van der Waals surface area contributed by atoms with E-state index in [1.165, 1.54) is 17.3 Å². The van der Waals surface area contributed by atoms with E-state index in [-0.39, 0.29) is 6.54 Å². The maximum absolute atomic E-state index is 12.1. The zero-order valence-electron chi connectivity index (χ0n) is 14.6.